The molecule has 0 saturated heterocycles. The number of nitriles is 1. The fourth-order valence-electron chi connectivity index (χ4n) is 0. The van der Waals surface area contributed by atoms with E-state index in [1.165, 1.54) is 0 Å². The van der Waals surface area contributed by atoms with Gasteiger partial charge in [-0.25, -0.2) is 5.26 Å². The van der Waals surface area contributed by atoms with Crippen LogP contribution >= 0.6 is 0 Å². The van der Waals surface area contributed by atoms with Crippen LogP contribution in [0.3, 0.4) is 0 Å². The van der Waals surface area contributed by atoms with Crippen LogP contribution in [0, 0.1) is 11.3 Å². The van der Waals surface area contributed by atoms with Gasteiger partial charge in [0.1, 0.15) is 0 Å². The third-order valence-corrected chi connectivity index (χ3v) is 0.194. The summed E-state index contributed by atoms with van der Waals surface area (Å²) in [4.78, 5) is 0. The van der Waals surface area contributed by atoms with Crippen LogP contribution < -0.4 is 29.6 Å². The van der Waals surface area contributed by atoms with Crippen molar-refractivity contribution in [1.29, 1.82) is 5.26 Å². The van der Waals surface area contributed by atoms with Gasteiger partial charge in [-0.3, -0.25) is 0 Å². The maximum Gasteiger partial charge on any atom is 1.00 e. The van der Waals surface area contributed by atoms with Crippen molar-refractivity contribution < 1.29 is 29.6 Å². The topological polar surface area (TPSA) is 23.8 Å². The van der Waals surface area contributed by atoms with Crippen molar-refractivity contribution in [3.8, 4) is 6.07 Å². The Morgan fingerprint density at radius 3 is 2.00 bits per heavy atom. The Bertz CT molecular complexity index is 39.4. The summed E-state index contributed by atoms with van der Waals surface area (Å²) in [5.74, 6) is 0.208. The summed E-state index contributed by atoms with van der Waals surface area (Å²) in [6, 6.07) is 1.75. The van der Waals surface area contributed by atoms with Gasteiger partial charge in [-0.05, 0) is 0 Å². The molecule has 0 saturated carbocycles. The van der Waals surface area contributed by atoms with Gasteiger partial charge in [-0.15, -0.1) is 0 Å². The Hall–Kier alpha value is 0.840. The fraction of sp³-hybridized carbons (Fsp3) is 0.500. The molecule has 0 amide bonds. The van der Waals surface area contributed by atoms with Crippen molar-refractivity contribution in [2.45, 2.75) is 0 Å². The Balaban J connectivity index is 0. The van der Waals surface area contributed by atoms with Crippen LogP contribution in [0.2, 0.25) is 0 Å². The van der Waals surface area contributed by atoms with Crippen molar-refractivity contribution in [1.82, 2.24) is 0 Å². The molecular weight excluding hydrogens is 93.1 g/mol. The molecule has 3 heteroatoms. The molecule has 0 atom stereocenters. The first kappa shape index (κ1) is 9.28. The average Bonchev–Trinajstić information content (AvgIpc) is 1.37. The van der Waals surface area contributed by atoms with Crippen LogP contribution in [0.4, 0.5) is 0 Å². The van der Waals surface area contributed by atoms with Crippen LogP contribution in [-0.2, 0) is 12.6 Å². The van der Waals surface area contributed by atoms with E-state index in [1.807, 2.05) is 0 Å². The fourth-order valence-corrected chi connectivity index (χ4v) is 0. The first-order chi connectivity index (χ1) is 1.91. The van der Waals surface area contributed by atoms with Gasteiger partial charge in [0.15, 0.2) is 0 Å². The van der Waals surface area contributed by atoms with Gasteiger partial charge in [0.2, 0.25) is 0 Å². The van der Waals surface area contributed by atoms with Gasteiger partial charge in [0.05, 0.1) is 0 Å². The third kappa shape index (κ3) is 11.5. The number of rotatable bonds is 0. The molecule has 0 aromatic rings. The van der Waals surface area contributed by atoms with Gasteiger partial charge >= 0.3 is 29.6 Å². The van der Waals surface area contributed by atoms with E-state index in [1.54, 1.807) is 6.07 Å². The molecule has 0 spiro atoms. The van der Waals surface area contributed by atoms with E-state index < -0.39 is 0 Å². The predicted molar refractivity (Wildman–Crippen MR) is 17.8 cm³/mol. The largest absolute Gasteiger partial charge is 1.00 e. The predicted octanol–water partition coefficient (Wildman–Crippen LogP) is -2.94. The van der Waals surface area contributed by atoms with Crippen LogP contribution in [-0.4, -0.2) is 5.75 Å². The second-order valence-electron chi connectivity index (χ2n) is 0.302. The summed E-state index contributed by atoms with van der Waals surface area (Å²) < 4.78 is 0. The number of hydrogen-bond acceptors (Lipinski definition) is 2. The molecule has 0 aliphatic rings. The van der Waals surface area contributed by atoms with Crippen LogP contribution in [0.25, 0.3) is 0 Å². The molecule has 0 unspecified atom stereocenters. The molecule has 0 aromatic heterocycles. The minimum atomic E-state index is 0. The van der Waals surface area contributed by atoms with E-state index in [4.69, 9.17) is 5.26 Å². The molecule has 0 heterocycles. The summed E-state index contributed by atoms with van der Waals surface area (Å²) in [5.41, 5.74) is 0. The van der Waals surface area contributed by atoms with Gasteiger partial charge in [0.25, 0.3) is 0 Å². The molecule has 0 fully saturated rings. The van der Waals surface area contributed by atoms with Crippen molar-refractivity contribution >= 4 is 12.6 Å². The zero-order valence-electron chi connectivity index (χ0n) is 3.06. The minimum absolute atomic E-state index is 0. The molecule has 0 N–H and O–H groups in total. The molecule has 1 nitrogen and oxygen atoms in total. The van der Waals surface area contributed by atoms with Crippen LogP contribution in [0.5, 0.6) is 0 Å². The molecule has 0 aliphatic carbocycles. The van der Waals surface area contributed by atoms with Crippen molar-refractivity contribution in [2.24, 2.45) is 0 Å². The Labute approximate surface area is 59.1 Å². The summed E-state index contributed by atoms with van der Waals surface area (Å²) in [5, 5.41) is 7.52. The summed E-state index contributed by atoms with van der Waals surface area (Å²) >= 11 is 4.19. The van der Waals surface area contributed by atoms with E-state index in [0.29, 0.717) is 0 Å². The third-order valence-electron chi connectivity index (χ3n) is 0.0645. The minimum Gasteiger partial charge on any atom is -0.778 e. The van der Waals surface area contributed by atoms with E-state index >= 15 is 0 Å². The summed E-state index contributed by atoms with van der Waals surface area (Å²) in [6.07, 6.45) is 0. The average molecular weight is 95.1 g/mol. The normalized spacial score (nSPS) is 4.00. The van der Waals surface area contributed by atoms with Gasteiger partial charge in [-0.2, -0.15) is 0 Å². The molecular formula is C2H2NNaS. The molecule has 0 radical (unpaired) electrons. The Kier molecular flexibility index (Phi) is 16.4. The quantitative estimate of drug-likeness (QED) is 0.237. The van der Waals surface area contributed by atoms with Gasteiger partial charge < -0.3 is 12.6 Å². The number of nitrogens with zero attached hydrogens (tertiary/aromatic N) is 1. The van der Waals surface area contributed by atoms with Gasteiger partial charge in [0, 0.05) is 6.07 Å². The molecule has 22 valence electrons. The van der Waals surface area contributed by atoms with Crippen LogP contribution in [0.1, 0.15) is 0 Å². The van der Waals surface area contributed by atoms with Crippen molar-refractivity contribution in [2.75, 3.05) is 5.75 Å². The van der Waals surface area contributed by atoms with E-state index in [0.717, 1.165) is 0 Å². The second kappa shape index (κ2) is 8.85. The molecule has 0 aromatic carbocycles. The van der Waals surface area contributed by atoms with E-state index in [9.17, 15) is 0 Å². The zero-order chi connectivity index (χ0) is 3.41. The van der Waals surface area contributed by atoms with Crippen LogP contribution in [0.15, 0.2) is 0 Å². The number of hydrogen-bond donors (Lipinski definition) is 0. The molecule has 0 aliphatic heterocycles. The zero-order valence-corrected chi connectivity index (χ0v) is 5.88. The monoisotopic (exact) mass is 95.0 g/mol. The molecule has 0 bridgehead atoms. The standard InChI is InChI=1S/C2H3NS.Na/c3-1-2-4;/h4H,2H2;/q;+1/p-1. The van der Waals surface area contributed by atoms with Crippen molar-refractivity contribution in [3.05, 3.63) is 0 Å². The first-order valence-corrected chi connectivity index (χ1v) is 1.44. The maximum absolute atomic E-state index is 7.52. The molecule has 0 rings (SSSR count). The molecule has 5 heavy (non-hydrogen) atoms. The van der Waals surface area contributed by atoms with Gasteiger partial charge in [-0.1, -0.05) is 5.75 Å². The maximum atomic E-state index is 7.52. The Morgan fingerprint density at radius 1 is 1.80 bits per heavy atom. The second-order valence-corrected chi connectivity index (χ2v) is 0.591. The first-order valence-electron chi connectivity index (χ1n) is 0.866. The summed E-state index contributed by atoms with van der Waals surface area (Å²) in [7, 11) is 0. The SMILES string of the molecule is N#CC[S-].[Na+]. The van der Waals surface area contributed by atoms with E-state index in [-0.39, 0.29) is 35.3 Å². The van der Waals surface area contributed by atoms with Crippen molar-refractivity contribution in [3.63, 3.8) is 0 Å². The summed E-state index contributed by atoms with van der Waals surface area (Å²) in [6.45, 7) is 0. The smallest absolute Gasteiger partial charge is 0.778 e. The van der Waals surface area contributed by atoms with E-state index in [2.05, 4.69) is 12.6 Å². The Morgan fingerprint density at radius 2 is 2.00 bits per heavy atom.